The van der Waals surface area contributed by atoms with E-state index in [2.05, 4.69) is 19.1 Å². The van der Waals surface area contributed by atoms with Gasteiger partial charge in [-0.25, -0.2) is 4.57 Å². The monoisotopic (exact) mass is 235 g/mol. The second kappa shape index (κ2) is 3.82. The second-order valence-corrected chi connectivity index (χ2v) is 2.04. The van der Waals surface area contributed by atoms with Gasteiger partial charge in [-0.2, -0.15) is 0 Å². The van der Waals surface area contributed by atoms with Gasteiger partial charge in [0.2, 0.25) is 0 Å². The lowest BCUT2D eigenvalue weighted by atomic mass is 10.3. The molecule has 0 N–H and O–H groups in total. The summed E-state index contributed by atoms with van der Waals surface area (Å²) in [4.78, 5) is 0. The van der Waals surface area contributed by atoms with Crippen molar-refractivity contribution in [3.05, 3.63) is 30.1 Å². The fourth-order valence-electron chi connectivity index (χ4n) is 0.576. The molecule has 0 atom stereocenters. The maximum absolute atomic E-state index is 2.08. The van der Waals surface area contributed by atoms with Gasteiger partial charge in [0, 0.05) is 12.1 Å². The van der Waals surface area contributed by atoms with Crippen LogP contribution in [0.3, 0.4) is 0 Å². The van der Waals surface area contributed by atoms with Crippen LogP contribution in [0.5, 0.6) is 0 Å². The van der Waals surface area contributed by atoms with Gasteiger partial charge in [-0.15, -0.1) is 0 Å². The molecule has 9 heavy (non-hydrogen) atoms. The Hall–Kier alpha value is -0.120. The molecular weight excluding hydrogens is 225 g/mol. The van der Waals surface area contributed by atoms with E-state index in [0.717, 1.165) is 0 Å². The Bertz CT molecular complexity index is 148. The third kappa shape index (κ3) is 2.79. The minimum absolute atomic E-state index is 0. The van der Waals surface area contributed by atoms with Crippen molar-refractivity contribution in [3.8, 4) is 0 Å². The lowest BCUT2D eigenvalue weighted by Crippen LogP contribution is -3.00. The van der Waals surface area contributed by atoms with Gasteiger partial charge in [-0.05, 0) is 12.5 Å². The highest BCUT2D eigenvalue weighted by Crippen LogP contribution is 1.87. The van der Waals surface area contributed by atoms with E-state index in [1.807, 2.05) is 24.0 Å². The zero-order valence-electron chi connectivity index (χ0n) is 5.63. The van der Waals surface area contributed by atoms with Crippen LogP contribution < -0.4 is 28.5 Å². The van der Waals surface area contributed by atoms with Crippen molar-refractivity contribution < 1.29 is 28.5 Å². The van der Waals surface area contributed by atoms with E-state index in [1.54, 1.807) is 0 Å². The van der Waals surface area contributed by atoms with Crippen molar-refractivity contribution in [3.63, 3.8) is 0 Å². The molecule has 1 heterocycles. The first kappa shape index (κ1) is 8.88. The molecule has 0 bridgehead atoms. The number of aromatic nitrogens is 1. The molecule has 50 valence electrons. The lowest BCUT2D eigenvalue weighted by molar-refractivity contribution is -0.671. The number of pyridine rings is 1. The van der Waals surface area contributed by atoms with Gasteiger partial charge in [-0.1, -0.05) is 0 Å². The Morgan fingerprint density at radius 1 is 1.22 bits per heavy atom. The molecule has 0 radical (unpaired) electrons. The van der Waals surface area contributed by atoms with E-state index in [-0.39, 0.29) is 24.0 Å². The average molecular weight is 235 g/mol. The molecular formula is C7H10IN. The molecule has 0 aliphatic heterocycles. The van der Waals surface area contributed by atoms with Crippen molar-refractivity contribution in [2.45, 2.75) is 6.92 Å². The molecule has 0 aromatic carbocycles. The van der Waals surface area contributed by atoms with Crippen LogP contribution >= 0.6 is 0 Å². The summed E-state index contributed by atoms with van der Waals surface area (Å²) in [6, 6.07) is 4.17. The van der Waals surface area contributed by atoms with E-state index < -0.39 is 0 Å². The number of aryl methyl sites for hydroxylation is 2. The SMILES string of the molecule is Cc1cc[n+](C)cc1.[I-]. The summed E-state index contributed by atoms with van der Waals surface area (Å²) >= 11 is 0. The van der Waals surface area contributed by atoms with E-state index in [0.29, 0.717) is 0 Å². The molecule has 1 rings (SSSR count). The Morgan fingerprint density at radius 3 is 2.00 bits per heavy atom. The van der Waals surface area contributed by atoms with Crippen LogP contribution in [0.4, 0.5) is 0 Å². The zero-order chi connectivity index (χ0) is 5.98. The molecule has 0 aliphatic carbocycles. The van der Waals surface area contributed by atoms with Gasteiger partial charge in [0.25, 0.3) is 0 Å². The predicted molar refractivity (Wildman–Crippen MR) is 32.4 cm³/mol. The van der Waals surface area contributed by atoms with Crippen LogP contribution in [-0.4, -0.2) is 0 Å². The van der Waals surface area contributed by atoms with Crippen LogP contribution in [0.1, 0.15) is 5.56 Å². The minimum Gasteiger partial charge on any atom is -1.00 e. The molecule has 1 nitrogen and oxygen atoms in total. The van der Waals surface area contributed by atoms with Crippen molar-refractivity contribution >= 4 is 0 Å². The van der Waals surface area contributed by atoms with Crippen molar-refractivity contribution in [1.82, 2.24) is 0 Å². The minimum atomic E-state index is 0. The van der Waals surface area contributed by atoms with E-state index in [9.17, 15) is 0 Å². The molecule has 2 heteroatoms. The largest absolute Gasteiger partial charge is 1.00 e. The van der Waals surface area contributed by atoms with Gasteiger partial charge in [-0.3, -0.25) is 0 Å². The molecule has 0 saturated carbocycles. The summed E-state index contributed by atoms with van der Waals surface area (Å²) in [6.07, 6.45) is 4.07. The summed E-state index contributed by atoms with van der Waals surface area (Å²) in [5, 5.41) is 0. The number of hydrogen-bond acceptors (Lipinski definition) is 0. The maximum atomic E-state index is 2.08. The molecule has 0 aliphatic rings. The zero-order valence-corrected chi connectivity index (χ0v) is 7.79. The van der Waals surface area contributed by atoms with Crippen LogP contribution in [0.2, 0.25) is 0 Å². The lowest BCUT2D eigenvalue weighted by Gasteiger charge is -1.85. The Morgan fingerprint density at radius 2 is 1.67 bits per heavy atom. The third-order valence-corrected chi connectivity index (χ3v) is 1.15. The van der Waals surface area contributed by atoms with Crippen molar-refractivity contribution in [1.29, 1.82) is 0 Å². The van der Waals surface area contributed by atoms with Crippen LogP contribution in [0.25, 0.3) is 0 Å². The molecule has 0 amide bonds. The van der Waals surface area contributed by atoms with Gasteiger partial charge in [0.1, 0.15) is 7.05 Å². The molecule has 1 aromatic heterocycles. The first-order valence-electron chi connectivity index (χ1n) is 2.71. The van der Waals surface area contributed by atoms with Crippen molar-refractivity contribution in [2.24, 2.45) is 7.05 Å². The van der Waals surface area contributed by atoms with Gasteiger partial charge in [0.15, 0.2) is 12.4 Å². The topological polar surface area (TPSA) is 3.88 Å². The van der Waals surface area contributed by atoms with Gasteiger partial charge in [0.05, 0.1) is 0 Å². The van der Waals surface area contributed by atoms with E-state index in [4.69, 9.17) is 0 Å². The molecule has 1 aromatic rings. The standard InChI is InChI=1S/C7H10N.HI/c1-7-3-5-8(2)6-4-7;/h3-6H,1-2H3;1H/q+1;/p-1. The number of rotatable bonds is 0. The van der Waals surface area contributed by atoms with Crippen LogP contribution in [-0.2, 0) is 7.05 Å². The predicted octanol–water partition coefficient (Wildman–Crippen LogP) is -2.18. The molecule has 0 spiro atoms. The highest BCUT2D eigenvalue weighted by Gasteiger charge is 1.85. The number of halogens is 1. The highest BCUT2D eigenvalue weighted by atomic mass is 127. The first-order valence-corrected chi connectivity index (χ1v) is 2.71. The summed E-state index contributed by atoms with van der Waals surface area (Å²) < 4.78 is 2.02. The second-order valence-electron chi connectivity index (χ2n) is 2.04. The average Bonchev–Trinajstić information content (AvgIpc) is 1.77. The summed E-state index contributed by atoms with van der Waals surface area (Å²) in [6.45, 7) is 2.08. The summed E-state index contributed by atoms with van der Waals surface area (Å²) in [7, 11) is 2.01. The summed E-state index contributed by atoms with van der Waals surface area (Å²) in [5.41, 5.74) is 1.31. The van der Waals surface area contributed by atoms with Gasteiger partial charge < -0.3 is 24.0 Å². The number of hydrogen-bond donors (Lipinski definition) is 0. The smallest absolute Gasteiger partial charge is 0.168 e. The molecule has 0 unspecified atom stereocenters. The fourth-order valence-corrected chi connectivity index (χ4v) is 0.576. The highest BCUT2D eigenvalue weighted by molar-refractivity contribution is 5.02. The first-order chi connectivity index (χ1) is 3.79. The number of nitrogens with zero attached hydrogens (tertiary/aromatic N) is 1. The van der Waals surface area contributed by atoms with E-state index >= 15 is 0 Å². The van der Waals surface area contributed by atoms with Crippen LogP contribution in [0.15, 0.2) is 24.5 Å². The van der Waals surface area contributed by atoms with Crippen LogP contribution in [0, 0.1) is 6.92 Å². The Labute approximate surface area is 72.7 Å². The third-order valence-electron chi connectivity index (χ3n) is 1.15. The van der Waals surface area contributed by atoms with Gasteiger partial charge >= 0.3 is 0 Å². The molecule has 0 fully saturated rings. The Balaban J connectivity index is 0.000000640. The summed E-state index contributed by atoms with van der Waals surface area (Å²) in [5.74, 6) is 0. The quantitative estimate of drug-likeness (QED) is 0.356. The maximum Gasteiger partial charge on any atom is 0.168 e. The Kier molecular flexibility index (Phi) is 3.77. The fraction of sp³-hybridized carbons (Fsp3) is 0.286. The molecule has 0 saturated heterocycles. The normalized spacial score (nSPS) is 8.22. The van der Waals surface area contributed by atoms with E-state index in [1.165, 1.54) is 5.56 Å². The van der Waals surface area contributed by atoms with Crippen molar-refractivity contribution in [2.75, 3.05) is 0 Å².